The lowest BCUT2D eigenvalue weighted by Gasteiger charge is -2.40. The normalized spacial score (nSPS) is 18.4. The molecule has 0 bridgehead atoms. The quantitative estimate of drug-likeness (QED) is 0.536. The summed E-state index contributed by atoms with van der Waals surface area (Å²) in [5, 5.41) is 9.34. The van der Waals surface area contributed by atoms with Gasteiger partial charge in [0.15, 0.2) is 0 Å². The molecule has 0 aromatic heterocycles. The molecule has 0 aliphatic heterocycles. The molecule has 0 radical (unpaired) electrons. The van der Waals surface area contributed by atoms with Crippen molar-refractivity contribution in [3.63, 3.8) is 0 Å². The van der Waals surface area contributed by atoms with Crippen LogP contribution in [0, 0.1) is 5.41 Å². The number of aliphatic hydroxyl groups is 1. The van der Waals surface area contributed by atoms with Crippen LogP contribution in [0.4, 0.5) is 0 Å². The summed E-state index contributed by atoms with van der Waals surface area (Å²) in [6.45, 7) is 2.70. The van der Waals surface area contributed by atoms with Crippen molar-refractivity contribution in [3.05, 3.63) is 0 Å². The maximum absolute atomic E-state index is 9.34. The Hall–Kier alpha value is -0.0400. The van der Waals surface area contributed by atoms with Crippen LogP contribution in [0.1, 0.15) is 84.0 Å². The molecule has 1 saturated carbocycles. The van der Waals surface area contributed by atoms with E-state index in [0.29, 0.717) is 12.0 Å². The van der Waals surface area contributed by atoms with E-state index in [1.165, 1.54) is 77.0 Å². The van der Waals surface area contributed by atoms with E-state index in [1.807, 2.05) is 0 Å². The lowest BCUT2D eigenvalue weighted by Crippen LogP contribution is -2.33. The molecule has 96 valence electrons. The van der Waals surface area contributed by atoms with Gasteiger partial charge in [-0.2, -0.15) is 0 Å². The van der Waals surface area contributed by atoms with E-state index < -0.39 is 0 Å². The van der Waals surface area contributed by atoms with Gasteiger partial charge in [0.2, 0.25) is 0 Å². The van der Waals surface area contributed by atoms with Gasteiger partial charge in [0.25, 0.3) is 0 Å². The van der Waals surface area contributed by atoms with Gasteiger partial charge in [-0.25, -0.2) is 0 Å². The Kier molecular flexibility index (Phi) is 7.11. The van der Waals surface area contributed by atoms with Gasteiger partial charge in [-0.15, -0.1) is 0 Å². The maximum atomic E-state index is 9.34. The topological polar surface area (TPSA) is 20.2 Å². The molecule has 16 heavy (non-hydrogen) atoms. The third kappa shape index (κ3) is 4.86. The summed E-state index contributed by atoms with van der Waals surface area (Å²) in [6.07, 6.45) is 16.3. The zero-order chi connectivity index (χ0) is 11.7. The molecule has 0 saturated heterocycles. The summed E-state index contributed by atoms with van der Waals surface area (Å²) < 4.78 is 0. The van der Waals surface area contributed by atoms with Crippen LogP contribution < -0.4 is 0 Å². The van der Waals surface area contributed by atoms with Crippen molar-refractivity contribution >= 4 is 0 Å². The molecule has 1 nitrogen and oxygen atoms in total. The first-order chi connectivity index (χ1) is 7.83. The summed E-state index contributed by atoms with van der Waals surface area (Å²) in [4.78, 5) is 0. The summed E-state index contributed by atoms with van der Waals surface area (Å²) in [6, 6.07) is 0. The minimum absolute atomic E-state index is 0.363. The molecular weight excluding hydrogens is 196 g/mol. The van der Waals surface area contributed by atoms with Crippen molar-refractivity contribution in [1.82, 2.24) is 0 Å². The number of unbranched alkanes of at least 4 members (excludes halogenated alkanes) is 7. The van der Waals surface area contributed by atoms with Crippen LogP contribution in [0.25, 0.3) is 0 Å². The van der Waals surface area contributed by atoms with Crippen molar-refractivity contribution < 1.29 is 5.11 Å². The first kappa shape index (κ1) is 14.0. The smallest absolute Gasteiger partial charge is 0.0487 e. The highest BCUT2D eigenvalue weighted by molar-refractivity contribution is 4.86. The molecule has 0 heterocycles. The largest absolute Gasteiger partial charge is 0.396 e. The predicted molar refractivity (Wildman–Crippen MR) is 70.6 cm³/mol. The Bertz CT molecular complexity index is 155. The van der Waals surface area contributed by atoms with Gasteiger partial charge in [-0.05, 0) is 24.7 Å². The fourth-order valence-electron chi connectivity index (χ4n) is 2.80. The fraction of sp³-hybridized carbons (Fsp3) is 1.00. The van der Waals surface area contributed by atoms with E-state index >= 15 is 0 Å². The second-order valence-corrected chi connectivity index (χ2v) is 5.74. The van der Waals surface area contributed by atoms with Gasteiger partial charge < -0.3 is 5.11 Å². The van der Waals surface area contributed by atoms with Gasteiger partial charge in [0.05, 0.1) is 0 Å². The molecule has 1 N–H and O–H groups in total. The SMILES string of the molecule is CCCCCCCCCCC1(CO)CCC1. The highest BCUT2D eigenvalue weighted by atomic mass is 16.3. The third-order valence-electron chi connectivity index (χ3n) is 4.31. The van der Waals surface area contributed by atoms with Crippen LogP contribution in [-0.2, 0) is 0 Å². The molecule has 1 fully saturated rings. The zero-order valence-corrected chi connectivity index (χ0v) is 11.1. The van der Waals surface area contributed by atoms with E-state index in [2.05, 4.69) is 6.92 Å². The van der Waals surface area contributed by atoms with E-state index in [0.717, 1.165) is 0 Å². The zero-order valence-electron chi connectivity index (χ0n) is 11.1. The lowest BCUT2D eigenvalue weighted by atomic mass is 9.66. The van der Waals surface area contributed by atoms with Gasteiger partial charge in [-0.1, -0.05) is 64.7 Å². The van der Waals surface area contributed by atoms with E-state index in [-0.39, 0.29) is 0 Å². The summed E-state index contributed by atoms with van der Waals surface area (Å²) >= 11 is 0. The van der Waals surface area contributed by atoms with Crippen LogP contribution in [0.2, 0.25) is 0 Å². The Labute approximate surface area is 102 Å². The molecule has 1 aliphatic carbocycles. The minimum Gasteiger partial charge on any atom is -0.396 e. The monoisotopic (exact) mass is 226 g/mol. The van der Waals surface area contributed by atoms with Crippen molar-refractivity contribution in [1.29, 1.82) is 0 Å². The summed E-state index contributed by atoms with van der Waals surface area (Å²) in [5.41, 5.74) is 0.363. The Balaban J connectivity index is 1.84. The van der Waals surface area contributed by atoms with Crippen LogP contribution in [-0.4, -0.2) is 11.7 Å². The average molecular weight is 226 g/mol. The number of aliphatic hydroxyl groups excluding tert-OH is 1. The van der Waals surface area contributed by atoms with E-state index in [1.54, 1.807) is 0 Å². The molecular formula is C15H30O. The van der Waals surface area contributed by atoms with Crippen molar-refractivity contribution in [2.45, 2.75) is 84.0 Å². The van der Waals surface area contributed by atoms with Crippen LogP contribution in [0.5, 0.6) is 0 Å². The second kappa shape index (κ2) is 8.11. The van der Waals surface area contributed by atoms with Gasteiger partial charge in [0, 0.05) is 6.61 Å². The molecule has 1 rings (SSSR count). The van der Waals surface area contributed by atoms with Crippen molar-refractivity contribution in [2.75, 3.05) is 6.61 Å². The molecule has 0 amide bonds. The summed E-state index contributed by atoms with van der Waals surface area (Å²) in [7, 11) is 0. The molecule has 0 atom stereocenters. The standard InChI is InChI=1S/C15H30O/c1-2-3-4-5-6-7-8-9-11-15(14-16)12-10-13-15/h16H,2-14H2,1H3. The average Bonchev–Trinajstić information content (AvgIpc) is 2.25. The van der Waals surface area contributed by atoms with E-state index in [4.69, 9.17) is 0 Å². The Morgan fingerprint density at radius 2 is 1.44 bits per heavy atom. The fourth-order valence-corrected chi connectivity index (χ4v) is 2.80. The van der Waals surface area contributed by atoms with Gasteiger partial charge >= 0.3 is 0 Å². The van der Waals surface area contributed by atoms with Crippen molar-refractivity contribution in [3.8, 4) is 0 Å². The van der Waals surface area contributed by atoms with Crippen LogP contribution in [0.15, 0.2) is 0 Å². The Morgan fingerprint density at radius 1 is 0.875 bits per heavy atom. The Morgan fingerprint density at radius 3 is 1.88 bits per heavy atom. The highest BCUT2D eigenvalue weighted by Crippen LogP contribution is 2.44. The minimum atomic E-state index is 0.363. The molecule has 0 unspecified atom stereocenters. The molecule has 1 aliphatic rings. The maximum Gasteiger partial charge on any atom is 0.0487 e. The first-order valence-electron chi connectivity index (χ1n) is 7.44. The number of hydrogen-bond donors (Lipinski definition) is 1. The van der Waals surface area contributed by atoms with Crippen molar-refractivity contribution in [2.24, 2.45) is 5.41 Å². The number of rotatable bonds is 10. The van der Waals surface area contributed by atoms with E-state index in [9.17, 15) is 5.11 Å². The molecule has 0 aromatic carbocycles. The van der Waals surface area contributed by atoms with Crippen LogP contribution in [0.3, 0.4) is 0 Å². The summed E-state index contributed by atoms with van der Waals surface area (Å²) in [5.74, 6) is 0. The van der Waals surface area contributed by atoms with Gasteiger partial charge in [0.1, 0.15) is 0 Å². The highest BCUT2D eigenvalue weighted by Gasteiger charge is 2.35. The molecule has 0 aromatic rings. The third-order valence-corrected chi connectivity index (χ3v) is 4.31. The van der Waals surface area contributed by atoms with Crippen LogP contribution >= 0.6 is 0 Å². The predicted octanol–water partition coefficient (Wildman–Crippen LogP) is 4.68. The molecule has 1 heteroatoms. The van der Waals surface area contributed by atoms with Gasteiger partial charge in [-0.3, -0.25) is 0 Å². The first-order valence-corrected chi connectivity index (χ1v) is 7.44. The second-order valence-electron chi connectivity index (χ2n) is 5.74. The lowest BCUT2D eigenvalue weighted by molar-refractivity contribution is 0.0336. The molecule has 0 spiro atoms. The number of hydrogen-bond acceptors (Lipinski definition) is 1.